The van der Waals surface area contributed by atoms with Crippen LogP contribution >= 0.6 is 0 Å². The number of hydrogen-bond acceptors (Lipinski definition) is 8. The predicted molar refractivity (Wildman–Crippen MR) is 130 cm³/mol. The molecule has 0 heterocycles. The smallest absolute Gasteiger partial charge is 0.416 e. The zero-order chi connectivity index (χ0) is 30.9. The first kappa shape index (κ1) is 36.8. The SMILES string of the molecule is COC(=O)C(OC)OC.COC(OC)C(=O)NCc1ccc(C(F)(F)F)cc1.NCc1ccc(C(F)(F)F)cc1. The lowest BCUT2D eigenvalue weighted by Crippen LogP contribution is -2.36. The van der Waals surface area contributed by atoms with Gasteiger partial charge in [-0.05, 0) is 35.4 Å². The van der Waals surface area contributed by atoms with Gasteiger partial charge in [0.2, 0.25) is 6.29 Å². The molecule has 0 atom stereocenters. The van der Waals surface area contributed by atoms with E-state index in [-0.39, 0.29) is 13.1 Å². The third kappa shape index (κ3) is 13.7. The number of alkyl halides is 6. The average Bonchev–Trinajstić information content (AvgIpc) is 2.93. The number of nitrogens with one attached hydrogen (secondary N) is 1. The first-order valence-electron chi connectivity index (χ1n) is 11.2. The number of esters is 1. The van der Waals surface area contributed by atoms with Gasteiger partial charge in [-0.3, -0.25) is 4.79 Å². The molecule has 9 nitrogen and oxygen atoms in total. The molecule has 0 fully saturated rings. The number of carbonyl (C=O) groups is 2. The second-order valence-corrected chi connectivity index (χ2v) is 7.44. The molecule has 2 rings (SSSR count). The molecule has 2 aromatic rings. The molecule has 0 unspecified atom stereocenters. The van der Waals surface area contributed by atoms with Crippen molar-refractivity contribution in [3.63, 3.8) is 0 Å². The molecule has 1 amide bonds. The van der Waals surface area contributed by atoms with Crippen LogP contribution in [0.3, 0.4) is 0 Å². The van der Waals surface area contributed by atoms with E-state index in [1.165, 1.54) is 59.8 Å². The Kier molecular flexibility index (Phi) is 16.7. The lowest BCUT2D eigenvalue weighted by molar-refractivity contribution is -0.180. The molecule has 0 saturated carbocycles. The molecular formula is C25H32F6N2O7. The van der Waals surface area contributed by atoms with Crippen LogP contribution in [-0.4, -0.2) is 60.0 Å². The number of benzene rings is 2. The van der Waals surface area contributed by atoms with Crippen molar-refractivity contribution >= 4 is 11.9 Å². The maximum Gasteiger partial charge on any atom is 0.416 e. The number of nitrogens with two attached hydrogens (primary N) is 1. The van der Waals surface area contributed by atoms with Crippen molar-refractivity contribution in [3.05, 3.63) is 70.8 Å². The Morgan fingerprint density at radius 2 is 1.07 bits per heavy atom. The summed E-state index contributed by atoms with van der Waals surface area (Å²) in [4.78, 5) is 22.0. The summed E-state index contributed by atoms with van der Waals surface area (Å²) in [5, 5.41) is 2.49. The van der Waals surface area contributed by atoms with E-state index in [0.29, 0.717) is 11.1 Å². The Morgan fingerprint density at radius 3 is 1.35 bits per heavy atom. The molecule has 0 saturated heterocycles. The largest absolute Gasteiger partial charge is 0.465 e. The first-order chi connectivity index (χ1) is 18.7. The van der Waals surface area contributed by atoms with Crippen LogP contribution in [-0.2, 0) is 58.7 Å². The number of ether oxygens (including phenoxy) is 5. The average molecular weight is 587 g/mol. The molecule has 15 heteroatoms. The number of methoxy groups -OCH3 is 5. The van der Waals surface area contributed by atoms with E-state index in [1.807, 2.05) is 0 Å². The quantitative estimate of drug-likeness (QED) is 0.258. The highest BCUT2D eigenvalue weighted by molar-refractivity contribution is 5.79. The molecule has 0 aliphatic carbocycles. The van der Waals surface area contributed by atoms with Gasteiger partial charge in [0, 0.05) is 41.5 Å². The summed E-state index contributed by atoms with van der Waals surface area (Å²) in [6, 6.07) is 9.35. The van der Waals surface area contributed by atoms with Gasteiger partial charge in [-0.1, -0.05) is 24.3 Å². The number of hydrogen-bond donors (Lipinski definition) is 2. The molecule has 226 valence electrons. The maximum absolute atomic E-state index is 12.3. The van der Waals surface area contributed by atoms with E-state index in [4.69, 9.17) is 15.2 Å². The van der Waals surface area contributed by atoms with Gasteiger partial charge in [-0.15, -0.1) is 0 Å². The van der Waals surface area contributed by atoms with Crippen LogP contribution in [0.25, 0.3) is 0 Å². The predicted octanol–water partition coefficient (Wildman–Crippen LogP) is 3.88. The molecule has 0 aliphatic rings. The highest BCUT2D eigenvalue weighted by Crippen LogP contribution is 2.29. The highest BCUT2D eigenvalue weighted by Gasteiger charge is 2.30. The van der Waals surface area contributed by atoms with Crippen molar-refractivity contribution in [2.45, 2.75) is 38.0 Å². The maximum atomic E-state index is 12.3. The summed E-state index contributed by atoms with van der Waals surface area (Å²) in [5.74, 6) is -1.02. The molecule has 0 aromatic heterocycles. The van der Waals surface area contributed by atoms with Crippen LogP contribution in [0.1, 0.15) is 22.3 Å². The minimum Gasteiger partial charge on any atom is -0.465 e. The third-order valence-electron chi connectivity index (χ3n) is 4.73. The fourth-order valence-corrected chi connectivity index (χ4v) is 2.61. The fourth-order valence-electron chi connectivity index (χ4n) is 2.61. The second kappa shape index (κ2) is 18.2. The second-order valence-electron chi connectivity index (χ2n) is 7.44. The Morgan fingerprint density at radius 1 is 0.700 bits per heavy atom. The summed E-state index contributed by atoms with van der Waals surface area (Å²) in [6.45, 7) is 0.359. The minimum atomic E-state index is -4.36. The normalized spacial score (nSPS) is 11.2. The Balaban J connectivity index is 0.000000621. The van der Waals surface area contributed by atoms with Gasteiger partial charge in [0.05, 0.1) is 18.2 Å². The van der Waals surface area contributed by atoms with Gasteiger partial charge < -0.3 is 34.7 Å². The van der Waals surface area contributed by atoms with Crippen LogP contribution in [0.15, 0.2) is 48.5 Å². The topological polar surface area (TPSA) is 118 Å². The van der Waals surface area contributed by atoms with E-state index in [1.54, 1.807) is 0 Å². The molecular weight excluding hydrogens is 554 g/mol. The Bertz CT molecular complexity index is 993. The number of amides is 1. The lowest BCUT2D eigenvalue weighted by atomic mass is 10.1. The first-order valence-corrected chi connectivity index (χ1v) is 11.2. The highest BCUT2D eigenvalue weighted by atomic mass is 19.4. The molecule has 0 radical (unpaired) electrons. The van der Waals surface area contributed by atoms with Gasteiger partial charge in [0.25, 0.3) is 12.2 Å². The molecule has 0 aliphatic heterocycles. The number of rotatable bonds is 9. The van der Waals surface area contributed by atoms with Gasteiger partial charge in [0.15, 0.2) is 0 Å². The van der Waals surface area contributed by atoms with Crippen molar-refractivity contribution in [1.82, 2.24) is 5.32 Å². The zero-order valence-electron chi connectivity index (χ0n) is 22.4. The van der Waals surface area contributed by atoms with Gasteiger partial charge in [-0.25, -0.2) is 4.79 Å². The monoisotopic (exact) mass is 586 g/mol. The zero-order valence-corrected chi connectivity index (χ0v) is 22.4. The van der Waals surface area contributed by atoms with Crippen molar-refractivity contribution in [2.75, 3.05) is 35.5 Å². The van der Waals surface area contributed by atoms with Crippen LogP contribution in [0.5, 0.6) is 0 Å². The van der Waals surface area contributed by atoms with E-state index in [2.05, 4.69) is 19.5 Å². The third-order valence-corrected chi connectivity index (χ3v) is 4.73. The van der Waals surface area contributed by atoms with Crippen molar-refractivity contribution in [1.29, 1.82) is 0 Å². The Labute approximate surface area is 227 Å². The minimum absolute atomic E-state index is 0.0974. The fraction of sp³-hybridized carbons (Fsp3) is 0.440. The summed E-state index contributed by atoms with van der Waals surface area (Å²) >= 11 is 0. The van der Waals surface area contributed by atoms with Crippen LogP contribution in [0, 0.1) is 0 Å². The standard InChI is InChI=1S/C12H14F3NO3.C8H8F3N.C5H10O4/c1-18-11(19-2)10(17)16-7-8-3-5-9(6-4-8)12(13,14)15;9-8(10,11)7-3-1-6(5-12)2-4-7;1-7-4(6)5(8-2)9-3/h3-6,11H,7H2,1-2H3,(H,16,17);1-4H,5,12H2;5H,1-3H3. The van der Waals surface area contributed by atoms with Crippen LogP contribution < -0.4 is 11.1 Å². The van der Waals surface area contributed by atoms with E-state index < -0.39 is 47.9 Å². The molecule has 40 heavy (non-hydrogen) atoms. The Hall–Kier alpha value is -3.24. The number of carbonyl (C=O) groups excluding carboxylic acids is 2. The van der Waals surface area contributed by atoms with Crippen molar-refractivity contribution in [2.24, 2.45) is 5.73 Å². The van der Waals surface area contributed by atoms with E-state index in [0.717, 1.165) is 24.3 Å². The molecule has 3 N–H and O–H groups in total. The lowest BCUT2D eigenvalue weighted by Gasteiger charge is -2.13. The van der Waals surface area contributed by atoms with Gasteiger partial charge in [-0.2, -0.15) is 26.3 Å². The summed E-state index contributed by atoms with van der Waals surface area (Å²) in [7, 11) is 6.63. The van der Waals surface area contributed by atoms with Gasteiger partial charge >= 0.3 is 18.3 Å². The van der Waals surface area contributed by atoms with Crippen LogP contribution in [0.2, 0.25) is 0 Å². The molecule has 0 bridgehead atoms. The van der Waals surface area contributed by atoms with E-state index in [9.17, 15) is 35.9 Å². The summed E-state index contributed by atoms with van der Waals surface area (Å²) < 4.78 is 95.8. The molecule has 0 spiro atoms. The van der Waals surface area contributed by atoms with Crippen molar-refractivity contribution < 1.29 is 59.6 Å². The summed E-state index contributed by atoms with van der Waals surface area (Å²) in [5.41, 5.74) is 5.11. The van der Waals surface area contributed by atoms with E-state index >= 15 is 0 Å². The number of halogens is 6. The van der Waals surface area contributed by atoms with Crippen molar-refractivity contribution in [3.8, 4) is 0 Å². The summed E-state index contributed by atoms with van der Waals surface area (Å²) in [6.07, 6.45) is -10.5. The van der Waals surface area contributed by atoms with Gasteiger partial charge in [0.1, 0.15) is 0 Å². The molecule has 2 aromatic carbocycles. The van der Waals surface area contributed by atoms with Crippen LogP contribution in [0.4, 0.5) is 26.3 Å².